The van der Waals surface area contributed by atoms with Crippen molar-refractivity contribution in [2.24, 2.45) is 0 Å². The van der Waals surface area contributed by atoms with Crippen molar-refractivity contribution in [3.63, 3.8) is 0 Å². The predicted molar refractivity (Wildman–Crippen MR) is 39.0 cm³/mol. The van der Waals surface area contributed by atoms with Crippen LogP contribution >= 0.6 is 0 Å². The van der Waals surface area contributed by atoms with Crippen LogP contribution in [0.15, 0.2) is 0 Å². The number of hydrogen-bond donors (Lipinski definition) is 3. The van der Waals surface area contributed by atoms with Crippen LogP contribution in [-0.4, -0.2) is 30.0 Å². The Morgan fingerprint density at radius 1 is 1.27 bits per heavy atom. The topological polar surface area (TPSA) is 69.9 Å². The van der Waals surface area contributed by atoms with E-state index in [4.69, 9.17) is 14.4 Å². The van der Waals surface area contributed by atoms with Gasteiger partial charge in [-0.15, -0.1) is 0 Å². The summed E-state index contributed by atoms with van der Waals surface area (Å²) in [6.07, 6.45) is 2.78. The van der Waals surface area contributed by atoms with Crippen LogP contribution in [0.2, 0.25) is 0 Å². The molecule has 0 bridgehead atoms. The average molecular weight is 206 g/mol. The van der Waals surface area contributed by atoms with Crippen molar-refractivity contribution >= 4 is 9.05 Å². The first-order valence-corrected chi connectivity index (χ1v) is 5.12. The van der Waals surface area contributed by atoms with E-state index in [-0.39, 0.29) is 59.4 Å². The quantitative estimate of drug-likeness (QED) is 0.326. The zero-order chi connectivity index (χ0) is 8.04. The second-order valence-electron chi connectivity index (χ2n) is 2.13. The molecule has 0 heterocycles. The SMILES string of the molecule is CCCCCO[Si](O)(O)O.[H-].[K+]. The Kier molecular flexibility index (Phi) is 11.5. The summed E-state index contributed by atoms with van der Waals surface area (Å²) in [5.74, 6) is 0. The minimum Gasteiger partial charge on any atom is -1.00 e. The second kappa shape index (κ2) is 8.30. The van der Waals surface area contributed by atoms with Crippen molar-refractivity contribution < 1.29 is 71.6 Å². The molecule has 0 aliphatic heterocycles. The molecule has 0 rings (SSSR count). The maximum absolute atomic E-state index is 8.34. The largest absolute Gasteiger partial charge is 1.00 e. The van der Waals surface area contributed by atoms with Crippen molar-refractivity contribution in [2.75, 3.05) is 6.61 Å². The van der Waals surface area contributed by atoms with Crippen molar-refractivity contribution in [3.8, 4) is 0 Å². The molecule has 0 unspecified atom stereocenters. The molecule has 0 saturated heterocycles. The third kappa shape index (κ3) is 14.5. The Labute approximate surface area is 112 Å². The fraction of sp³-hybridized carbons (Fsp3) is 1.00. The van der Waals surface area contributed by atoms with Gasteiger partial charge in [0.05, 0.1) is 0 Å². The molecule has 6 heteroatoms. The van der Waals surface area contributed by atoms with Gasteiger partial charge in [0.25, 0.3) is 0 Å². The molecule has 0 fully saturated rings. The van der Waals surface area contributed by atoms with Crippen LogP contribution in [0, 0.1) is 0 Å². The molecular weight excluding hydrogens is 191 g/mol. The molecule has 4 nitrogen and oxygen atoms in total. The number of unbranched alkanes of at least 4 members (excludes halogenated alkanes) is 2. The summed E-state index contributed by atoms with van der Waals surface area (Å²) < 4.78 is 4.34. The summed E-state index contributed by atoms with van der Waals surface area (Å²) in [7, 11) is -4.21. The first-order valence-electron chi connectivity index (χ1n) is 3.37. The fourth-order valence-corrected chi connectivity index (χ4v) is 0.979. The second-order valence-corrected chi connectivity index (χ2v) is 3.57. The fourth-order valence-electron chi connectivity index (χ4n) is 0.561. The smallest absolute Gasteiger partial charge is 1.00 e. The summed E-state index contributed by atoms with van der Waals surface area (Å²) in [6.45, 7) is 2.26. The van der Waals surface area contributed by atoms with Crippen LogP contribution in [0.3, 0.4) is 0 Å². The van der Waals surface area contributed by atoms with Crippen molar-refractivity contribution in [3.05, 3.63) is 0 Å². The summed E-state index contributed by atoms with van der Waals surface area (Å²) in [5.41, 5.74) is 0. The maximum Gasteiger partial charge on any atom is 1.00 e. The Morgan fingerprint density at radius 2 is 1.82 bits per heavy atom. The number of hydrogen-bond acceptors (Lipinski definition) is 4. The van der Waals surface area contributed by atoms with E-state index in [1.807, 2.05) is 6.92 Å². The molecule has 0 aromatic rings. The van der Waals surface area contributed by atoms with Crippen LogP contribution in [0.25, 0.3) is 0 Å². The van der Waals surface area contributed by atoms with Gasteiger partial charge in [-0.05, 0) is 6.42 Å². The Balaban J connectivity index is -0.000000405. The van der Waals surface area contributed by atoms with Gasteiger partial charge in [-0.3, -0.25) is 0 Å². The van der Waals surface area contributed by atoms with Crippen LogP contribution in [0.1, 0.15) is 27.6 Å². The van der Waals surface area contributed by atoms with E-state index in [0.717, 1.165) is 19.3 Å². The Morgan fingerprint density at radius 3 is 2.18 bits per heavy atom. The third-order valence-electron chi connectivity index (χ3n) is 1.04. The first-order chi connectivity index (χ1) is 4.56. The minimum atomic E-state index is -4.21. The molecule has 0 spiro atoms. The average Bonchev–Trinajstić information content (AvgIpc) is 1.78. The zero-order valence-electron chi connectivity index (χ0n) is 8.08. The van der Waals surface area contributed by atoms with Gasteiger partial charge >= 0.3 is 60.4 Å². The van der Waals surface area contributed by atoms with Gasteiger partial charge in [0.2, 0.25) is 0 Å². The molecule has 64 valence electrons. The van der Waals surface area contributed by atoms with Crippen LogP contribution < -0.4 is 51.4 Å². The molecule has 0 atom stereocenters. The molecule has 0 radical (unpaired) electrons. The molecule has 11 heavy (non-hydrogen) atoms. The molecule has 0 aliphatic carbocycles. The molecule has 0 aliphatic rings. The molecular formula is C5H15KO4Si. The zero-order valence-corrected chi connectivity index (χ0v) is 11.2. The van der Waals surface area contributed by atoms with Crippen molar-refractivity contribution in [1.82, 2.24) is 0 Å². The summed E-state index contributed by atoms with van der Waals surface area (Å²) in [5, 5.41) is 0. The number of rotatable bonds is 5. The van der Waals surface area contributed by atoms with Crippen molar-refractivity contribution in [1.29, 1.82) is 0 Å². The molecule has 3 N–H and O–H groups in total. The van der Waals surface area contributed by atoms with E-state index in [0.29, 0.717) is 0 Å². The van der Waals surface area contributed by atoms with Gasteiger partial charge in [0.1, 0.15) is 0 Å². The van der Waals surface area contributed by atoms with E-state index >= 15 is 0 Å². The summed E-state index contributed by atoms with van der Waals surface area (Å²) in [6, 6.07) is 0. The Hall–Kier alpha value is 1.69. The molecule has 0 amide bonds. The Bertz CT molecular complexity index is 90.0. The summed E-state index contributed by atoms with van der Waals surface area (Å²) in [4.78, 5) is 25.0. The van der Waals surface area contributed by atoms with E-state index < -0.39 is 9.05 Å². The van der Waals surface area contributed by atoms with E-state index in [2.05, 4.69) is 4.43 Å². The standard InChI is InChI=1S/C5H14O4Si.K.H/c1-2-3-4-5-9-10(6,7)8;;/h6-8H,2-5H2,1H3;;/q;+1;-1. The van der Waals surface area contributed by atoms with Crippen molar-refractivity contribution in [2.45, 2.75) is 26.2 Å². The van der Waals surface area contributed by atoms with E-state index in [1.165, 1.54) is 0 Å². The minimum absolute atomic E-state index is 0. The maximum atomic E-state index is 8.34. The third-order valence-corrected chi connectivity index (χ3v) is 1.64. The normalized spacial score (nSPS) is 10.9. The molecule has 0 aromatic heterocycles. The monoisotopic (exact) mass is 206 g/mol. The van der Waals surface area contributed by atoms with Crippen LogP contribution in [0.4, 0.5) is 0 Å². The van der Waals surface area contributed by atoms with E-state index in [9.17, 15) is 0 Å². The van der Waals surface area contributed by atoms with Gasteiger partial charge in [0.15, 0.2) is 0 Å². The van der Waals surface area contributed by atoms with Crippen LogP contribution in [0.5, 0.6) is 0 Å². The first kappa shape index (κ1) is 15.2. The molecule has 0 saturated carbocycles. The van der Waals surface area contributed by atoms with Crippen LogP contribution in [-0.2, 0) is 4.43 Å². The van der Waals surface area contributed by atoms with Gasteiger partial charge < -0.3 is 20.2 Å². The van der Waals surface area contributed by atoms with E-state index in [1.54, 1.807) is 0 Å². The van der Waals surface area contributed by atoms with Gasteiger partial charge in [-0.1, -0.05) is 19.8 Å². The summed E-state index contributed by atoms with van der Waals surface area (Å²) >= 11 is 0. The van der Waals surface area contributed by atoms with Gasteiger partial charge in [-0.2, -0.15) is 0 Å². The predicted octanol–water partition coefficient (Wildman–Crippen LogP) is -3.28. The van der Waals surface area contributed by atoms with Gasteiger partial charge in [-0.25, -0.2) is 0 Å². The van der Waals surface area contributed by atoms with Gasteiger partial charge in [0, 0.05) is 6.61 Å². The molecule has 0 aromatic carbocycles.